The van der Waals surface area contributed by atoms with Crippen LogP contribution >= 0.6 is 0 Å². The Morgan fingerprint density at radius 3 is 2.50 bits per heavy atom. The minimum absolute atomic E-state index is 0.226. The van der Waals surface area contributed by atoms with Gasteiger partial charge in [0.1, 0.15) is 12.6 Å². The molecule has 0 aliphatic rings. The highest BCUT2D eigenvalue weighted by molar-refractivity contribution is 5.88. The van der Waals surface area contributed by atoms with Crippen LogP contribution in [0.4, 0.5) is 0 Å². The number of carbonyl (C=O) groups is 3. The molecule has 4 N–H and O–H groups in total. The SMILES string of the molecule is CCCOCC(=O)N[C@@H](CC(N)=O)C(=O)O. The highest BCUT2D eigenvalue weighted by Crippen LogP contribution is 1.92. The highest BCUT2D eigenvalue weighted by atomic mass is 16.5. The highest BCUT2D eigenvalue weighted by Gasteiger charge is 2.21. The fourth-order valence-electron chi connectivity index (χ4n) is 0.946. The van der Waals surface area contributed by atoms with E-state index in [1.807, 2.05) is 6.92 Å². The number of carbonyl (C=O) groups excluding carboxylic acids is 2. The van der Waals surface area contributed by atoms with E-state index in [2.05, 4.69) is 5.32 Å². The summed E-state index contributed by atoms with van der Waals surface area (Å²) in [6.07, 6.45) is 0.325. The fraction of sp³-hybridized carbons (Fsp3) is 0.667. The minimum Gasteiger partial charge on any atom is -0.480 e. The van der Waals surface area contributed by atoms with Gasteiger partial charge in [0.05, 0.1) is 6.42 Å². The quantitative estimate of drug-likeness (QED) is 0.457. The second-order valence-electron chi connectivity index (χ2n) is 3.18. The number of primary amides is 1. The number of carboxylic acids is 1. The predicted molar refractivity (Wildman–Crippen MR) is 54.5 cm³/mol. The Bertz CT molecular complexity index is 267. The molecule has 0 aromatic rings. The summed E-state index contributed by atoms with van der Waals surface area (Å²) in [6, 6.07) is -1.30. The number of hydrogen-bond acceptors (Lipinski definition) is 4. The molecule has 0 saturated heterocycles. The third kappa shape index (κ3) is 6.77. The molecule has 0 fully saturated rings. The first-order valence-electron chi connectivity index (χ1n) is 4.85. The van der Waals surface area contributed by atoms with Gasteiger partial charge in [0.25, 0.3) is 0 Å². The summed E-state index contributed by atoms with van der Waals surface area (Å²) in [5, 5.41) is 10.8. The lowest BCUT2D eigenvalue weighted by molar-refractivity contribution is -0.144. The van der Waals surface area contributed by atoms with Crippen molar-refractivity contribution in [3.63, 3.8) is 0 Å². The van der Waals surface area contributed by atoms with Gasteiger partial charge in [-0.05, 0) is 6.42 Å². The smallest absolute Gasteiger partial charge is 0.326 e. The number of rotatable bonds is 8. The molecule has 0 aromatic heterocycles. The van der Waals surface area contributed by atoms with Crippen LogP contribution in [0.25, 0.3) is 0 Å². The standard InChI is InChI=1S/C9H16N2O5/c1-2-3-16-5-8(13)11-6(9(14)15)4-7(10)12/h6H,2-5H2,1H3,(H2,10,12)(H,11,13)(H,14,15)/t6-/m0/s1. The van der Waals surface area contributed by atoms with Crippen LogP contribution in [-0.2, 0) is 19.1 Å². The molecule has 0 saturated carbocycles. The van der Waals surface area contributed by atoms with Crippen molar-refractivity contribution in [1.29, 1.82) is 0 Å². The first-order valence-corrected chi connectivity index (χ1v) is 4.85. The lowest BCUT2D eigenvalue weighted by atomic mass is 10.2. The zero-order valence-electron chi connectivity index (χ0n) is 9.06. The van der Waals surface area contributed by atoms with Crippen LogP contribution in [0.3, 0.4) is 0 Å². The molecule has 0 spiro atoms. The number of hydrogen-bond donors (Lipinski definition) is 3. The summed E-state index contributed by atoms with van der Waals surface area (Å²) in [4.78, 5) is 32.3. The fourth-order valence-corrected chi connectivity index (χ4v) is 0.946. The van der Waals surface area contributed by atoms with E-state index in [1.165, 1.54) is 0 Å². The Labute approximate surface area is 92.9 Å². The molecule has 7 nitrogen and oxygen atoms in total. The Hall–Kier alpha value is -1.63. The number of ether oxygens (including phenoxy) is 1. The van der Waals surface area contributed by atoms with E-state index in [0.29, 0.717) is 6.61 Å². The van der Waals surface area contributed by atoms with E-state index < -0.39 is 30.2 Å². The molecular formula is C9H16N2O5. The second kappa shape index (κ2) is 7.63. The number of nitrogens with one attached hydrogen (secondary N) is 1. The first-order chi connectivity index (χ1) is 7.47. The normalized spacial score (nSPS) is 11.8. The Balaban J connectivity index is 4.03. The maximum atomic E-state index is 11.2. The molecule has 1 atom stereocenters. The molecule has 0 rings (SSSR count). The number of aliphatic carboxylic acids is 1. The van der Waals surface area contributed by atoms with Crippen molar-refractivity contribution in [2.24, 2.45) is 5.73 Å². The minimum atomic E-state index is -1.30. The van der Waals surface area contributed by atoms with Crippen LogP contribution in [0.15, 0.2) is 0 Å². The van der Waals surface area contributed by atoms with Crippen molar-refractivity contribution in [1.82, 2.24) is 5.32 Å². The van der Waals surface area contributed by atoms with Crippen molar-refractivity contribution in [3.05, 3.63) is 0 Å². The maximum Gasteiger partial charge on any atom is 0.326 e. The van der Waals surface area contributed by atoms with Crippen molar-refractivity contribution < 1.29 is 24.2 Å². The molecule has 92 valence electrons. The third-order valence-corrected chi connectivity index (χ3v) is 1.62. The topological polar surface area (TPSA) is 119 Å². The van der Waals surface area contributed by atoms with Crippen LogP contribution in [-0.4, -0.2) is 42.1 Å². The summed E-state index contributed by atoms with van der Waals surface area (Å²) in [5.74, 6) is -2.67. The van der Waals surface area contributed by atoms with Crippen molar-refractivity contribution in [2.75, 3.05) is 13.2 Å². The van der Waals surface area contributed by atoms with Gasteiger partial charge >= 0.3 is 5.97 Å². The van der Waals surface area contributed by atoms with E-state index >= 15 is 0 Å². The van der Waals surface area contributed by atoms with Gasteiger partial charge in [-0.1, -0.05) is 6.92 Å². The third-order valence-electron chi connectivity index (χ3n) is 1.62. The van der Waals surface area contributed by atoms with E-state index in [0.717, 1.165) is 6.42 Å². The molecule has 0 heterocycles. The van der Waals surface area contributed by atoms with Gasteiger partial charge in [-0.2, -0.15) is 0 Å². The van der Waals surface area contributed by atoms with Crippen LogP contribution < -0.4 is 11.1 Å². The summed E-state index contributed by atoms with van der Waals surface area (Å²) < 4.78 is 4.91. The predicted octanol–water partition coefficient (Wildman–Crippen LogP) is -1.14. The summed E-state index contributed by atoms with van der Waals surface area (Å²) in [7, 11) is 0. The summed E-state index contributed by atoms with van der Waals surface area (Å²) in [6.45, 7) is 2.07. The van der Waals surface area contributed by atoms with Gasteiger partial charge in [-0.25, -0.2) is 4.79 Å². The largest absolute Gasteiger partial charge is 0.480 e. The lowest BCUT2D eigenvalue weighted by Gasteiger charge is -2.12. The molecule has 0 aliphatic heterocycles. The molecule has 0 radical (unpaired) electrons. The lowest BCUT2D eigenvalue weighted by Crippen LogP contribution is -2.44. The van der Waals surface area contributed by atoms with Gasteiger partial charge in [0, 0.05) is 6.61 Å². The molecule has 0 unspecified atom stereocenters. The number of carboxylic acid groups (broad SMARTS) is 1. The van der Waals surface area contributed by atoms with Crippen LogP contribution in [0.1, 0.15) is 19.8 Å². The number of nitrogens with two attached hydrogens (primary N) is 1. The van der Waals surface area contributed by atoms with Gasteiger partial charge in [0.15, 0.2) is 0 Å². The number of amides is 2. The van der Waals surface area contributed by atoms with E-state index in [4.69, 9.17) is 15.6 Å². The average Bonchev–Trinajstić information content (AvgIpc) is 2.16. The van der Waals surface area contributed by atoms with Gasteiger partial charge < -0.3 is 20.9 Å². The summed E-state index contributed by atoms with van der Waals surface area (Å²) >= 11 is 0. The van der Waals surface area contributed by atoms with Crippen LogP contribution in [0, 0.1) is 0 Å². The monoisotopic (exact) mass is 232 g/mol. The van der Waals surface area contributed by atoms with Crippen molar-refractivity contribution in [3.8, 4) is 0 Å². The van der Waals surface area contributed by atoms with Crippen LogP contribution in [0.2, 0.25) is 0 Å². The van der Waals surface area contributed by atoms with E-state index in [9.17, 15) is 14.4 Å². The zero-order chi connectivity index (χ0) is 12.6. The van der Waals surface area contributed by atoms with Crippen molar-refractivity contribution in [2.45, 2.75) is 25.8 Å². The van der Waals surface area contributed by atoms with Gasteiger partial charge in [0.2, 0.25) is 11.8 Å². The zero-order valence-corrected chi connectivity index (χ0v) is 9.06. The molecule has 0 aliphatic carbocycles. The first kappa shape index (κ1) is 14.4. The second-order valence-corrected chi connectivity index (χ2v) is 3.18. The van der Waals surface area contributed by atoms with E-state index in [-0.39, 0.29) is 6.61 Å². The van der Waals surface area contributed by atoms with Gasteiger partial charge in [-0.15, -0.1) is 0 Å². The van der Waals surface area contributed by atoms with E-state index in [1.54, 1.807) is 0 Å². The molecule has 7 heteroatoms. The molecule has 2 amide bonds. The maximum absolute atomic E-state index is 11.2. The Kier molecular flexibility index (Phi) is 6.86. The molecule has 16 heavy (non-hydrogen) atoms. The molecular weight excluding hydrogens is 216 g/mol. The molecule has 0 bridgehead atoms. The van der Waals surface area contributed by atoms with Crippen molar-refractivity contribution >= 4 is 17.8 Å². The van der Waals surface area contributed by atoms with Crippen LogP contribution in [0.5, 0.6) is 0 Å². The molecule has 0 aromatic carbocycles. The Morgan fingerprint density at radius 1 is 1.44 bits per heavy atom. The average molecular weight is 232 g/mol. The summed E-state index contributed by atoms with van der Waals surface area (Å²) in [5.41, 5.74) is 4.84. The van der Waals surface area contributed by atoms with Gasteiger partial charge in [-0.3, -0.25) is 9.59 Å². The Morgan fingerprint density at radius 2 is 2.06 bits per heavy atom.